The van der Waals surface area contributed by atoms with Crippen molar-refractivity contribution in [3.63, 3.8) is 0 Å². The summed E-state index contributed by atoms with van der Waals surface area (Å²) in [6.45, 7) is 36.8. The molecule has 0 spiro atoms. The predicted molar refractivity (Wildman–Crippen MR) is 322 cm³/mol. The maximum absolute atomic E-state index is 11.4. The van der Waals surface area contributed by atoms with E-state index < -0.39 is 73.8 Å². The summed E-state index contributed by atoms with van der Waals surface area (Å²) in [7, 11) is 0. The van der Waals surface area contributed by atoms with Crippen molar-refractivity contribution >= 4 is 29.8 Å². The van der Waals surface area contributed by atoms with Gasteiger partial charge < -0.3 is 88.2 Å². The molecule has 0 saturated carbocycles. The zero-order chi connectivity index (χ0) is 69.0. The van der Waals surface area contributed by atoms with Crippen LogP contribution >= 0.6 is 0 Å². The molecule has 0 radical (unpaired) electrons. The van der Waals surface area contributed by atoms with Crippen LogP contribution in [0, 0.1) is 0 Å². The molecule has 18 N–H and O–H groups in total. The smallest absolute Gasteiger partial charge is 0.317 e. The molecule has 5 aliphatic rings. The summed E-state index contributed by atoms with van der Waals surface area (Å²) in [6, 6.07) is -1.40. The Balaban J connectivity index is 0.00000106. The average molecular weight is 1260 g/mol. The van der Waals surface area contributed by atoms with E-state index >= 15 is 0 Å². The largest absolute Gasteiger partial charge is 0.481 e. The van der Waals surface area contributed by atoms with E-state index in [9.17, 15) is 85.8 Å². The van der Waals surface area contributed by atoms with Gasteiger partial charge >= 0.3 is 29.8 Å². The molecular weight excluding hydrogens is 1140 g/mol. The van der Waals surface area contributed by atoms with Crippen molar-refractivity contribution in [3.8, 4) is 0 Å². The molecule has 5 saturated heterocycles. The van der Waals surface area contributed by atoms with Gasteiger partial charge in [0.1, 0.15) is 0 Å². The number of nitrogens with one attached hydrogen (secondary N) is 1. The summed E-state index contributed by atoms with van der Waals surface area (Å²) in [5.74, 6) is -7.60. The number of aliphatic hydroxyl groups is 5. The predicted octanol–water partition coefficient (Wildman–Crippen LogP) is 4.48. The van der Waals surface area contributed by atoms with E-state index in [4.69, 9.17) is 21.1 Å². The molecule has 87 heavy (non-hydrogen) atoms. The van der Waals surface area contributed by atoms with Crippen LogP contribution in [0.3, 0.4) is 0 Å². The number of carbonyl (C=O) groups is 5. The Bertz CT molecular complexity index is 1860. The molecule has 0 aliphatic carbocycles. The summed E-state index contributed by atoms with van der Waals surface area (Å²) in [5.41, 5.74) is 0.0129. The lowest BCUT2D eigenvalue weighted by Gasteiger charge is -2.50. The van der Waals surface area contributed by atoms with E-state index in [2.05, 4.69) is 5.32 Å². The van der Waals surface area contributed by atoms with E-state index in [1.165, 1.54) is 25.3 Å². The molecule has 0 aromatic carbocycles. The first-order chi connectivity index (χ1) is 38.7. The van der Waals surface area contributed by atoms with Crippen molar-refractivity contribution in [2.45, 2.75) is 319 Å². The molecule has 28 nitrogen and oxygen atoms in total. The van der Waals surface area contributed by atoms with Gasteiger partial charge in [0.05, 0.1) is 68.4 Å². The molecule has 28 heteroatoms. The lowest BCUT2D eigenvalue weighted by atomic mass is 9.79. The first-order valence-electron chi connectivity index (χ1n) is 29.9. The van der Waals surface area contributed by atoms with Crippen LogP contribution in [-0.4, -0.2) is 261 Å². The Morgan fingerprint density at radius 2 is 0.575 bits per heavy atom. The lowest BCUT2D eigenvalue weighted by Crippen LogP contribution is -2.65. The van der Waals surface area contributed by atoms with Crippen molar-refractivity contribution in [3.05, 3.63) is 0 Å². The van der Waals surface area contributed by atoms with Gasteiger partial charge in [-0.15, -0.1) is 0 Å². The number of piperidine rings is 5. The van der Waals surface area contributed by atoms with Crippen LogP contribution in [0.4, 0.5) is 0 Å². The van der Waals surface area contributed by atoms with Crippen LogP contribution in [0.15, 0.2) is 0 Å². The van der Waals surface area contributed by atoms with Crippen LogP contribution in [-0.2, 0) is 24.0 Å². The molecule has 5 fully saturated rings. The van der Waals surface area contributed by atoms with E-state index in [1.807, 2.05) is 138 Å². The van der Waals surface area contributed by atoms with E-state index in [0.717, 1.165) is 0 Å². The number of hydrogen-bond acceptors (Lipinski definition) is 23. The normalized spacial score (nSPS) is 24.9. The highest BCUT2D eigenvalue weighted by atomic mass is 16.5. The third-order valence-electron chi connectivity index (χ3n) is 16.8. The van der Waals surface area contributed by atoms with Gasteiger partial charge in [-0.2, -0.15) is 25.3 Å². The fraction of sp³-hybridized carbons (Fsp3) is 0.915. The highest BCUT2D eigenvalue weighted by Gasteiger charge is 2.51. The fourth-order valence-corrected chi connectivity index (χ4v) is 13.9. The molecule has 514 valence electrons. The van der Waals surface area contributed by atoms with E-state index in [-0.39, 0.29) is 99.0 Å². The van der Waals surface area contributed by atoms with Crippen LogP contribution in [0.5, 0.6) is 0 Å². The molecule has 0 bridgehead atoms. The number of aliphatic carboxylic acids is 5. The van der Waals surface area contributed by atoms with Crippen molar-refractivity contribution in [1.82, 2.24) is 35.5 Å². The minimum atomic E-state index is -2.15. The number of nitrogens with two attached hydrogens (primary N) is 1. The third-order valence-corrected chi connectivity index (χ3v) is 16.8. The summed E-state index contributed by atoms with van der Waals surface area (Å²) in [6.07, 6.45) is 2.06. The Hall–Kier alpha value is -3.37. The van der Waals surface area contributed by atoms with Crippen LogP contribution < -0.4 is 11.1 Å². The first-order valence-corrected chi connectivity index (χ1v) is 29.9. The quantitative estimate of drug-likeness (QED) is 0.107. The molecule has 1 atom stereocenters. The van der Waals surface area contributed by atoms with Gasteiger partial charge in [0.25, 0.3) is 0 Å². The maximum atomic E-state index is 11.4. The first kappa shape index (κ1) is 83.6. The fourth-order valence-electron chi connectivity index (χ4n) is 13.9. The SMILES string of the molecule is CC1(C)CC(O)CC(C)(C)N1O.CC1(C)CC(O)CC(C)(C)N1O.CC1(C)CC(O)CC(C)(C)N1O.CC1(C)CC(O)CC(C)(C)N1O.CC1(C)CC(O)CC(C)(C)N1O.NCCNC(CC(=O)O)C(CC(=O)O)(CC(=O)O)N(CC(=O)O)CC(=O)O. The van der Waals surface area contributed by atoms with Gasteiger partial charge in [-0.05, 0) is 203 Å². The molecule has 5 rings (SSSR count). The topological polar surface area (TPSA) is 446 Å². The van der Waals surface area contributed by atoms with Crippen molar-refractivity contribution in [1.29, 1.82) is 0 Å². The molecular formula is C59H118N8O20. The van der Waals surface area contributed by atoms with Gasteiger partial charge in [-0.3, -0.25) is 28.9 Å². The monoisotopic (exact) mass is 1260 g/mol. The summed E-state index contributed by atoms with van der Waals surface area (Å²) in [4.78, 5) is 57.1. The lowest BCUT2D eigenvalue weighted by molar-refractivity contribution is -0.257. The van der Waals surface area contributed by atoms with Gasteiger partial charge in [0.2, 0.25) is 0 Å². The number of rotatable bonds is 15. The van der Waals surface area contributed by atoms with Gasteiger partial charge in [-0.1, -0.05) is 0 Å². The summed E-state index contributed by atoms with van der Waals surface area (Å²) < 4.78 is 0. The number of aliphatic hydroxyl groups excluding tert-OH is 5. The zero-order valence-electron chi connectivity index (χ0n) is 56.0. The second kappa shape index (κ2) is 31.8. The van der Waals surface area contributed by atoms with Crippen LogP contribution in [0.2, 0.25) is 0 Å². The Morgan fingerprint density at radius 1 is 0.391 bits per heavy atom. The average Bonchev–Trinajstić information content (AvgIpc) is 1.65. The number of nitrogens with zero attached hydrogens (tertiary/aromatic N) is 6. The molecule has 0 amide bonds. The zero-order valence-corrected chi connectivity index (χ0v) is 56.0. The Morgan fingerprint density at radius 3 is 0.713 bits per heavy atom. The van der Waals surface area contributed by atoms with E-state index in [0.29, 0.717) is 69.1 Å². The molecule has 0 aromatic heterocycles. The summed E-state index contributed by atoms with van der Waals surface area (Å²) >= 11 is 0. The van der Waals surface area contributed by atoms with Crippen LogP contribution in [0.25, 0.3) is 0 Å². The minimum absolute atomic E-state index is 0.00972. The van der Waals surface area contributed by atoms with E-state index in [1.54, 1.807) is 0 Å². The number of hydroxylamine groups is 10. The second-order valence-corrected chi connectivity index (χ2v) is 30.8. The molecule has 1 unspecified atom stereocenters. The number of carboxylic acid groups (broad SMARTS) is 5. The Kier molecular flexibility index (Phi) is 30.5. The second-order valence-electron chi connectivity index (χ2n) is 30.8. The van der Waals surface area contributed by atoms with Crippen LogP contribution in [0.1, 0.15) is 222 Å². The molecule has 0 aromatic rings. The van der Waals surface area contributed by atoms with Crippen molar-refractivity contribution in [2.24, 2.45) is 5.73 Å². The highest BCUT2D eigenvalue weighted by Crippen LogP contribution is 2.41. The highest BCUT2D eigenvalue weighted by molar-refractivity contribution is 5.77. The number of hydrogen-bond donors (Lipinski definition) is 17. The maximum Gasteiger partial charge on any atom is 0.317 e. The minimum Gasteiger partial charge on any atom is -0.481 e. The molecule has 5 aliphatic heterocycles. The third kappa shape index (κ3) is 25.7. The van der Waals surface area contributed by atoms with Crippen molar-refractivity contribution in [2.75, 3.05) is 26.2 Å². The number of carboxylic acids is 5. The van der Waals surface area contributed by atoms with Gasteiger partial charge in [0.15, 0.2) is 0 Å². The van der Waals surface area contributed by atoms with Gasteiger partial charge in [-0.25, -0.2) is 0 Å². The summed E-state index contributed by atoms with van der Waals surface area (Å²) in [5, 5.41) is 152. The van der Waals surface area contributed by atoms with Crippen molar-refractivity contribution < 1.29 is 101 Å². The standard InChI is InChI=1S/C14H23N3O10.5C9H19NO2/c15-1-2-16-8(3-9(18)19)14(4-10(20)21,5-11(22)23)17(6-12(24)25)7-13(26)27;5*1-8(2)5-7(11)6-9(3,4)10(8)12/h8,16H,1-7,15H2,(H,18,19)(H,20,21)(H,22,23)(H,24,25)(H,26,27);5*7,11-12H,5-6H2,1-4H3. The Labute approximate surface area is 516 Å². The molecule has 5 heterocycles. The van der Waals surface area contributed by atoms with Gasteiger partial charge in [0, 0.05) is 74.5 Å².